The summed E-state index contributed by atoms with van der Waals surface area (Å²) in [6.07, 6.45) is 14.3. The predicted octanol–water partition coefficient (Wildman–Crippen LogP) is 12.6. The van der Waals surface area contributed by atoms with Crippen LogP contribution in [0.15, 0.2) is 66.8 Å². The summed E-state index contributed by atoms with van der Waals surface area (Å²) < 4.78 is 0. The van der Waals surface area contributed by atoms with E-state index in [0.717, 1.165) is 30.6 Å². The number of rotatable bonds is 5. The van der Waals surface area contributed by atoms with Gasteiger partial charge in [0.05, 0.1) is 0 Å². The van der Waals surface area contributed by atoms with Crippen LogP contribution in [0.1, 0.15) is 124 Å². The summed E-state index contributed by atoms with van der Waals surface area (Å²) in [5.74, 6) is 3.26. The van der Waals surface area contributed by atoms with Gasteiger partial charge in [-0.3, -0.25) is 0 Å². The lowest BCUT2D eigenvalue weighted by atomic mass is 9.76. The van der Waals surface area contributed by atoms with E-state index in [0.29, 0.717) is 11.3 Å². The molecule has 7 rings (SSSR count). The summed E-state index contributed by atoms with van der Waals surface area (Å²) in [4.78, 5) is 0. The Balaban J connectivity index is 0.000000637. The van der Waals surface area contributed by atoms with Crippen LogP contribution < -0.4 is 0 Å². The normalized spacial score (nSPS) is 23.4. The van der Waals surface area contributed by atoms with Crippen molar-refractivity contribution in [1.29, 1.82) is 0 Å². The van der Waals surface area contributed by atoms with E-state index in [1.54, 1.807) is 16.7 Å². The van der Waals surface area contributed by atoms with Gasteiger partial charge in [0.2, 0.25) is 0 Å². The van der Waals surface area contributed by atoms with Gasteiger partial charge < -0.3 is 0 Å². The third-order valence-electron chi connectivity index (χ3n) is 10.3. The Morgan fingerprint density at radius 2 is 1.50 bits per heavy atom. The highest BCUT2D eigenvalue weighted by Crippen LogP contribution is 2.52. The van der Waals surface area contributed by atoms with Crippen LogP contribution in [0.25, 0.3) is 28.3 Å². The minimum absolute atomic E-state index is 0.500. The average Bonchev–Trinajstić information content (AvgIpc) is 3.62. The topological polar surface area (TPSA) is 0 Å². The summed E-state index contributed by atoms with van der Waals surface area (Å²) in [5, 5.41) is 0. The first-order chi connectivity index (χ1) is 20.8. The first kappa shape index (κ1) is 30.9. The van der Waals surface area contributed by atoms with Gasteiger partial charge in [-0.25, -0.2) is 0 Å². The molecule has 3 unspecified atom stereocenters. The Kier molecular flexibility index (Phi) is 8.42. The molecular weight excluding hydrogens is 528 g/mol. The fourth-order valence-electron chi connectivity index (χ4n) is 8.43. The molecule has 4 aliphatic carbocycles. The van der Waals surface area contributed by atoms with E-state index in [9.17, 15) is 0 Å². The van der Waals surface area contributed by atoms with E-state index in [4.69, 9.17) is 0 Å². The monoisotopic (exact) mass is 582 g/mol. The molecule has 0 radical (unpaired) electrons. The number of hydrogen-bond donors (Lipinski definition) is 0. The standard InChI is InChI=1S/C39H42.C5H12/c1-23(2)14-35-25(4)15-32-20-31(22-37(32)39(35)29-10-6-24(3)7-11-29)30-12-13-34-26(5)16-36(38(34)21-30)33-18-27-8-9-28(17-27)19-33;1-5(2,3)4/h6-7,10-13,15-16,20-21,26-28,33H,1,8-9,14,17-19,22H2,2-5H3;1-4H3. The fraction of sp³-hybridized carbons (Fsp3) is 0.455. The molecule has 0 aromatic heterocycles. The van der Waals surface area contributed by atoms with Gasteiger partial charge in [-0.15, -0.1) is 0 Å². The molecule has 0 nitrogen and oxygen atoms in total. The molecule has 3 aromatic carbocycles. The summed E-state index contributed by atoms with van der Waals surface area (Å²) in [7, 11) is 0. The van der Waals surface area contributed by atoms with Gasteiger partial charge in [0.1, 0.15) is 0 Å². The van der Waals surface area contributed by atoms with Gasteiger partial charge in [-0.1, -0.05) is 120 Å². The van der Waals surface area contributed by atoms with E-state index in [-0.39, 0.29) is 0 Å². The van der Waals surface area contributed by atoms with Crippen LogP contribution in [0.2, 0.25) is 0 Å². The van der Waals surface area contributed by atoms with Gasteiger partial charge >= 0.3 is 0 Å². The number of aryl methyl sites for hydroxylation is 2. The zero-order valence-corrected chi connectivity index (χ0v) is 28.7. The largest absolute Gasteiger partial charge is 0.0998 e. The lowest BCUT2D eigenvalue weighted by Gasteiger charge is -2.29. The minimum Gasteiger partial charge on any atom is -0.0998 e. The second-order valence-corrected chi connectivity index (χ2v) is 16.4. The third kappa shape index (κ3) is 6.47. The maximum atomic E-state index is 4.28. The number of hydrogen-bond acceptors (Lipinski definition) is 0. The summed E-state index contributed by atoms with van der Waals surface area (Å²) >= 11 is 0. The second kappa shape index (κ2) is 12.0. The van der Waals surface area contributed by atoms with Gasteiger partial charge in [-0.05, 0) is 143 Å². The number of benzene rings is 3. The van der Waals surface area contributed by atoms with E-state index in [1.807, 2.05) is 0 Å². The molecule has 0 saturated heterocycles. The molecule has 0 amide bonds. The Bertz CT molecular complexity index is 1610. The molecule has 2 fully saturated rings. The molecule has 230 valence electrons. The quantitative estimate of drug-likeness (QED) is 0.262. The molecule has 0 heterocycles. The van der Waals surface area contributed by atoms with Crippen LogP contribution in [-0.2, 0) is 12.8 Å². The fourth-order valence-corrected chi connectivity index (χ4v) is 8.43. The van der Waals surface area contributed by atoms with Crippen molar-refractivity contribution in [3.05, 3.63) is 111 Å². The molecule has 2 bridgehead atoms. The Hall–Kier alpha value is -3.12. The highest BCUT2D eigenvalue weighted by Gasteiger charge is 2.38. The molecule has 0 spiro atoms. The van der Waals surface area contributed by atoms with Crippen LogP contribution in [0.5, 0.6) is 0 Å². The van der Waals surface area contributed by atoms with Gasteiger partial charge in [0.15, 0.2) is 0 Å². The van der Waals surface area contributed by atoms with Crippen molar-refractivity contribution in [1.82, 2.24) is 0 Å². The van der Waals surface area contributed by atoms with Crippen molar-refractivity contribution < 1.29 is 0 Å². The first-order valence-electron chi connectivity index (χ1n) is 17.3. The maximum Gasteiger partial charge on any atom is 0.000174 e. The van der Waals surface area contributed by atoms with Crippen LogP contribution in [0.3, 0.4) is 0 Å². The van der Waals surface area contributed by atoms with E-state index < -0.39 is 0 Å². The molecule has 0 heteroatoms. The van der Waals surface area contributed by atoms with Crippen LogP contribution in [0, 0.1) is 37.0 Å². The zero-order valence-electron chi connectivity index (χ0n) is 28.7. The highest BCUT2D eigenvalue weighted by atomic mass is 14.4. The van der Waals surface area contributed by atoms with Gasteiger partial charge in [0, 0.05) is 5.92 Å². The molecule has 3 atom stereocenters. The number of allylic oxidation sites excluding steroid dienone is 4. The van der Waals surface area contributed by atoms with E-state index in [2.05, 4.69) is 123 Å². The maximum absolute atomic E-state index is 4.28. The lowest BCUT2D eigenvalue weighted by Crippen LogP contribution is -2.16. The van der Waals surface area contributed by atoms with Crippen molar-refractivity contribution in [2.75, 3.05) is 0 Å². The van der Waals surface area contributed by atoms with E-state index in [1.165, 1.54) is 87.8 Å². The smallest absolute Gasteiger partial charge is 0.000174 e. The molecule has 4 aliphatic rings. The van der Waals surface area contributed by atoms with Crippen molar-refractivity contribution in [3.63, 3.8) is 0 Å². The van der Waals surface area contributed by atoms with Crippen LogP contribution in [-0.4, -0.2) is 0 Å². The average molecular weight is 583 g/mol. The summed E-state index contributed by atoms with van der Waals surface area (Å²) in [6, 6.07) is 19.0. The third-order valence-corrected chi connectivity index (χ3v) is 10.3. The van der Waals surface area contributed by atoms with Crippen molar-refractivity contribution in [2.45, 2.75) is 106 Å². The molecular formula is C44H54. The van der Waals surface area contributed by atoms with Crippen LogP contribution in [0.4, 0.5) is 0 Å². The van der Waals surface area contributed by atoms with Crippen molar-refractivity contribution in [2.24, 2.45) is 23.2 Å². The highest BCUT2D eigenvalue weighted by molar-refractivity contribution is 5.94. The molecule has 0 aliphatic heterocycles. The molecule has 3 aromatic rings. The zero-order chi connectivity index (χ0) is 31.3. The predicted molar refractivity (Wildman–Crippen MR) is 193 cm³/mol. The Morgan fingerprint density at radius 3 is 2.14 bits per heavy atom. The number of fused-ring (bicyclic) bond motifs is 4. The van der Waals surface area contributed by atoms with E-state index >= 15 is 0 Å². The summed E-state index contributed by atoms with van der Waals surface area (Å²) in [5.41, 5.74) is 19.2. The SMILES string of the molecule is C=C(C)Cc1c(C)cc2c(c1-c1ccc(C)cc1)CC(c1ccc3c(c1)C(C1CC4CCC(C4)C1)=CC3C)=C2.CC(C)(C)C. The van der Waals surface area contributed by atoms with Crippen molar-refractivity contribution >= 4 is 17.2 Å². The summed E-state index contributed by atoms with van der Waals surface area (Å²) in [6.45, 7) is 22.0. The molecule has 0 N–H and O–H groups in total. The molecule has 44 heavy (non-hydrogen) atoms. The Labute approximate surface area is 268 Å². The van der Waals surface area contributed by atoms with Gasteiger partial charge in [-0.2, -0.15) is 0 Å². The lowest BCUT2D eigenvalue weighted by molar-refractivity contribution is 0.308. The molecule has 2 saturated carbocycles. The van der Waals surface area contributed by atoms with Gasteiger partial charge in [0.25, 0.3) is 0 Å². The first-order valence-corrected chi connectivity index (χ1v) is 17.3. The Morgan fingerprint density at radius 1 is 0.864 bits per heavy atom. The minimum atomic E-state index is 0.500. The second-order valence-electron chi connectivity index (χ2n) is 16.4. The van der Waals surface area contributed by atoms with Crippen LogP contribution >= 0.6 is 0 Å². The van der Waals surface area contributed by atoms with Crippen molar-refractivity contribution in [3.8, 4) is 11.1 Å².